The zero-order valence-corrected chi connectivity index (χ0v) is 7.73. The van der Waals surface area contributed by atoms with Crippen LogP contribution in [0.4, 0.5) is 0 Å². The number of nitrogens with two attached hydrogens (primary N) is 1. The van der Waals surface area contributed by atoms with Gasteiger partial charge in [-0.25, -0.2) is 0 Å². The first-order valence-corrected chi connectivity index (χ1v) is 4.62. The van der Waals surface area contributed by atoms with Gasteiger partial charge in [0.25, 0.3) is 0 Å². The first kappa shape index (κ1) is 14.1. The lowest BCUT2D eigenvalue weighted by atomic mass is 10.2. The summed E-state index contributed by atoms with van der Waals surface area (Å²) in [5.41, 5.74) is 5.13. The van der Waals surface area contributed by atoms with E-state index in [1.807, 2.05) is 6.92 Å². The monoisotopic (exact) mass is 199 g/mol. The number of carbonyl (C=O) groups is 1. The van der Waals surface area contributed by atoms with Crippen molar-refractivity contribution in [3.8, 4) is 0 Å². The summed E-state index contributed by atoms with van der Waals surface area (Å²) in [6.07, 6.45) is 1.39. The topological polar surface area (TPSA) is 121 Å². The third kappa shape index (κ3) is 16.3. The summed E-state index contributed by atoms with van der Waals surface area (Å²) in [7, 11) is -3.13. The Balaban J connectivity index is 0. The minimum Gasteiger partial charge on any atom is -0.480 e. The van der Waals surface area contributed by atoms with Crippen LogP contribution in [0.3, 0.4) is 0 Å². The molecule has 0 spiro atoms. The van der Waals surface area contributed by atoms with Crippen molar-refractivity contribution in [2.24, 2.45) is 5.73 Å². The highest BCUT2D eigenvalue weighted by Gasteiger charge is 2.07. The zero-order valence-electron chi connectivity index (χ0n) is 6.73. The average Bonchev–Trinajstić information content (AvgIpc) is 1.86. The van der Waals surface area contributed by atoms with E-state index in [4.69, 9.17) is 25.2 Å². The van der Waals surface area contributed by atoms with Crippen LogP contribution in [-0.4, -0.2) is 26.9 Å². The van der Waals surface area contributed by atoms with Gasteiger partial charge in [0.1, 0.15) is 6.04 Å². The molecule has 6 nitrogen and oxygen atoms in total. The number of aliphatic carboxylic acids is 1. The van der Waals surface area contributed by atoms with Crippen LogP contribution in [0.5, 0.6) is 0 Å². The lowest BCUT2D eigenvalue weighted by Crippen LogP contribution is -2.29. The highest BCUT2D eigenvalue weighted by Crippen LogP contribution is 1.98. The maximum atomic E-state index is 9.96. The molecule has 74 valence electrons. The summed E-state index contributed by atoms with van der Waals surface area (Å²) in [6.45, 7) is 1.91. The van der Waals surface area contributed by atoms with Crippen LogP contribution in [0.15, 0.2) is 0 Å². The lowest BCUT2D eigenvalue weighted by Gasteiger charge is -2.00. The Morgan fingerprint density at radius 2 is 1.92 bits per heavy atom. The standard InChI is InChI=1S/C5H11NO2.H3O3P/c1-2-3-4(6)5(7)8;1-4(2)3/h4H,2-3,6H2,1H3,(H,7,8);4H,(H2,1,2,3). The molecule has 0 aliphatic rings. The van der Waals surface area contributed by atoms with Gasteiger partial charge in [-0.2, -0.15) is 0 Å². The minimum atomic E-state index is -3.13. The zero-order chi connectivity index (χ0) is 10.1. The Morgan fingerprint density at radius 3 is 2.00 bits per heavy atom. The lowest BCUT2D eigenvalue weighted by molar-refractivity contribution is -0.138. The number of rotatable bonds is 3. The largest absolute Gasteiger partial charge is 0.480 e. The molecular formula is C5H14NO5P. The fourth-order valence-corrected chi connectivity index (χ4v) is 0.434. The number of carboxylic acids is 1. The Labute approximate surface area is 71.0 Å². The van der Waals surface area contributed by atoms with Gasteiger partial charge in [0.05, 0.1) is 0 Å². The predicted octanol–water partition coefficient (Wildman–Crippen LogP) is -0.441. The average molecular weight is 199 g/mol. The summed E-state index contributed by atoms with van der Waals surface area (Å²) in [4.78, 5) is 24.3. The van der Waals surface area contributed by atoms with Gasteiger partial charge in [-0.1, -0.05) is 13.3 Å². The van der Waals surface area contributed by atoms with Gasteiger partial charge in [0.2, 0.25) is 0 Å². The molecule has 0 saturated carbocycles. The van der Waals surface area contributed by atoms with Crippen LogP contribution < -0.4 is 5.73 Å². The molecule has 1 unspecified atom stereocenters. The second-order valence-corrected chi connectivity index (χ2v) is 2.58. The molecule has 0 bridgehead atoms. The highest BCUT2D eigenvalue weighted by atomic mass is 31.1. The van der Waals surface area contributed by atoms with Crippen molar-refractivity contribution in [3.05, 3.63) is 0 Å². The molecule has 1 atom stereocenters. The third-order valence-electron chi connectivity index (χ3n) is 0.917. The fraction of sp³-hybridized carbons (Fsp3) is 0.800. The first-order chi connectivity index (χ1) is 5.41. The summed E-state index contributed by atoms with van der Waals surface area (Å²) >= 11 is 0. The normalized spacial score (nSPS) is 11.8. The maximum Gasteiger partial charge on any atom is 0.320 e. The number of hydrogen-bond donors (Lipinski definition) is 4. The van der Waals surface area contributed by atoms with E-state index in [2.05, 4.69) is 0 Å². The molecule has 0 saturated heterocycles. The van der Waals surface area contributed by atoms with Crippen LogP contribution in [-0.2, 0) is 9.36 Å². The maximum absolute atomic E-state index is 9.96. The smallest absolute Gasteiger partial charge is 0.320 e. The van der Waals surface area contributed by atoms with Crippen LogP contribution in [0, 0.1) is 0 Å². The summed E-state index contributed by atoms with van der Waals surface area (Å²) in [5.74, 6) is -0.910. The summed E-state index contributed by atoms with van der Waals surface area (Å²) in [6, 6.07) is -0.667. The molecule has 0 heterocycles. The highest BCUT2D eigenvalue weighted by molar-refractivity contribution is 7.30. The van der Waals surface area contributed by atoms with Crippen molar-refractivity contribution < 1.29 is 24.3 Å². The van der Waals surface area contributed by atoms with Gasteiger partial charge < -0.3 is 20.6 Å². The van der Waals surface area contributed by atoms with E-state index in [9.17, 15) is 4.79 Å². The van der Waals surface area contributed by atoms with E-state index in [0.717, 1.165) is 6.42 Å². The van der Waals surface area contributed by atoms with Crippen molar-refractivity contribution in [2.45, 2.75) is 25.8 Å². The Morgan fingerprint density at radius 1 is 1.58 bits per heavy atom. The Bertz CT molecular complexity index is 147. The minimum absolute atomic E-state index is 0.565. The SMILES string of the molecule is CCCC(N)C(=O)O.O=[PH](O)O. The summed E-state index contributed by atoms with van der Waals surface area (Å²) < 4.78 is 8.74. The Hall–Kier alpha value is -0.420. The molecule has 0 aromatic carbocycles. The second-order valence-electron chi connectivity index (χ2n) is 2.02. The van der Waals surface area contributed by atoms with Gasteiger partial charge >= 0.3 is 14.2 Å². The third-order valence-corrected chi connectivity index (χ3v) is 0.917. The molecule has 12 heavy (non-hydrogen) atoms. The molecule has 7 heteroatoms. The van der Waals surface area contributed by atoms with E-state index in [-0.39, 0.29) is 0 Å². The van der Waals surface area contributed by atoms with Crippen LogP contribution in [0.1, 0.15) is 19.8 Å². The quantitative estimate of drug-likeness (QED) is 0.457. The molecule has 0 fully saturated rings. The van der Waals surface area contributed by atoms with Gasteiger partial charge in [-0.05, 0) is 6.42 Å². The Kier molecular flexibility index (Phi) is 10.2. The van der Waals surface area contributed by atoms with Gasteiger partial charge in [-0.3, -0.25) is 9.36 Å². The second kappa shape index (κ2) is 8.67. The number of hydrogen-bond acceptors (Lipinski definition) is 3. The van der Waals surface area contributed by atoms with Crippen LogP contribution in [0.25, 0.3) is 0 Å². The van der Waals surface area contributed by atoms with E-state index in [1.165, 1.54) is 0 Å². The molecule has 0 aliphatic heterocycles. The van der Waals surface area contributed by atoms with E-state index in [1.54, 1.807) is 0 Å². The first-order valence-electron chi connectivity index (χ1n) is 3.32. The van der Waals surface area contributed by atoms with Gasteiger partial charge in [0, 0.05) is 0 Å². The van der Waals surface area contributed by atoms with Crippen molar-refractivity contribution in [2.75, 3.05) is 0 Å². The van der Waals surface area contributed by atoms with E-state index >= 15 is 0 Å². The molecule has 5 N–H and O–H groups in total. The molecule has 0 radical (unpaired) electrons. The molecule has 0 rings (SSSR count). The van der Waals surface area contributed by atoms with Crippen molar-refractivity contribution >= 4 is 14.2 Å². The molecule has 0 aliphatic carbocycles. The summed E-state index contributed by atoms with van der Waals surface area (Å²) in [5, 5.41) is 8.19. The van der Waals surface area contributed by atoms with Crippen LogP contribution >= 0.6 is 8.25 Å². The van der Waals surface area contributed by atoms with Crippen LogP contribution in [0.2, 0.25) is 0 Å². The van der Waals surface area contributed by atoms with Crippen molar-refractivity contribution in [1.82, 2.24) is 0 Å². The van der Waals surface area contributed by atoms with Gasteiger partial charge in [0.15, 0.2) is 0 Å². The molecule has 0 amide bonds. The van der Waals surface area contributed by atoms with Gasteiger partial charge in [-0.15, -0.1) is 0 Å². The molecule has 0 aromatic rings. The van der Waals surface area contributed by atoms with E-state index in [0.29, 0.717) is 6.42 Å². The number of carboxylic acid groups (broad SMARTS) is 1. The van der Waals surface area contributed by atoms with Crippen molar-refractivity contribution in [3.63, 3.8) is 0 Å². The van der Waals surface area contributed by atoms with Crippen molar-refractivity contribution in [1.29, 1.82) is 0 Å². The van der Waals surface area contributed by atoms with E-state index < -0.39 is 20.3 Å². The molecule has 0 aromatic heterocycles. The predicted molar refractivity (Wildman–Crippen MR) is 44.0 cm³/mol. The molecular weight excluding hydrogens is 185 g/mol. The fourth-order valence-electron chi connectivity index (χ4n) is 0.434.